The van der Waals surface area contributed by atoms with Gasteiger partial charge >= 0.3 is 0 Å². The van der Waals surface area contributed by atoms with Crippen molar-refractivity contribution < 1.29 is 4.74 Å². The van der Waals surface area contributed by atoms with Crippen molar-refractivity contribution in [1.82, 2.24) is 0 Å². The van der Waals surface area contributed by atoms with Crippen LogP contribution in [0, 0.1) is 11.8 Å². The molecule has 0 saturated heterocycles. The van der Waals surface area contributed by atoms with Crippen LogP contribution in [-0.2, 0) is 0 Å². The van der Waals surface area contributed by atoms with Gasteiger partial charge in [-0.2, -0.15) is 0 Å². The van der Waals surface area contributed by atoms with E-state index in [1.165, 1.54) is 19.3 Å². The van der Waals surface area contributed by atoms with Gasteiger partial charge in [-0.15, -0.1) is 0 Å². The summed E-state index contributed by atoms with van der Waals surface area (Å²) in [4.78, 5) is 0. The minimum atomic E-state index is 0.570. The lowest BCUT2D eigenvalue weighted by atomic mass is 9.79. The number of benzene rings is 1. The first-order valence-electron chi connectivity index (χ1n) is 6.70. The van der Waals surface area contributed by atoms with Gasteiger partial charge in [-0.1, -0.05) is 25.4 Å². The van der Waals surface area contributed by atoms with E-state index in [4.69, 9.17) is 16.3 Å². The van der Waals surface area contributed by atoms with Gasteiger partial charge in [0.25, 0.3) is 0 Å². The molecule has 0 amide bonds. The summed E-state index contributed by atoms with van der Waals surface area (Å²) in [6.45, 7) is 4.70. The molecule has 0 aromatic heterocycles. The van der Waals surface area contributed by atoms with E-state index in [0.29, 0.717) is 11.1 Å². The number of anilines is 1. The summed E-state index contributed by atoms with van der Waals surface area (Å²) < 4.78 is 5.16. The second-order valence-electron chi connectivity index (χ2n) is 5.46. The van der Waals surface area contributed by atoms with Crippen LogP contribution in [0.5, 0.6) is 5.75 Å². The Hall–Kier alpha value is -0.890. The molecule has 1 aliphatic carbocycles. The van der Waals surface area contributed by atoms with Crippen molar-refractivity contribution in [2.45, 2.75) is 39.2 Å². The van der Waals surface area contributed by atoms with E-state index in [2.05, 4.69) is 19.2 Å². The average Bonchev–Trinajstić information content (AvgIpc) is 2.34. The fourth-order valence-electron chi connectivity index (χ4n) is 2.67. The quantitative estimate of drug-likeness (QED) is 0.865. The van der Waals surface area contributed by atoms with E-state index < -0.39 is 0 Å². The molecular weight excluding hydrogens is 246 g/mol. The molecule has 3 heteroatoms. The molecule has 1 aromatic rings. The Kier molecular flexibility index (Phi) is 4.39. The largest absolute Gasteiger partial charge is 0.495 e. The highest BCUT2D eigenvalue weighted by Gasteiger charge is 2.24. The molecule has 1 N–H and O–H groups in total. The third kappa shape index (κ3) is 3.11. The molecule has 1 fully saturated rings. The van der Waals surface area contributed by atoms with Gasteiger partial charge in [0.1, 0.15) is 5.75 Å². The van der Waals surface area contributed by atoms with E-state index in [1.54, 1.807) is 7.11 Å². The maximum Gasteiger partial charge on any atom is 0.137 e. The van der Waals surface area contributed by atoms with Crippen molar-refractivity contribution in [2.75, 3.05) is 12.4 Å². The lowest BCUT2D eigenvalue weighted by Crippen LogP contribution is -2.30. The van der Waals surface area contributed by atoms with Gasteiger partial charge in [0.05, 0.1) is 12.1 Å². The standard InChI is InChI=1S/C15H22ClNO/c1-10-4-5-12(8-11(10)2)17-13-6-7-15(18-3)14(16)9-13/h6-7,9-12,17H,4-5,8H2,1-3H3. The van der Waals surface area contributed by atoms with E-state index in [0.717, 1.165) is 23.3 Å². The highest BCUT2D eigenvalue weighted by Crippen LogP contribution is 2.32. The summed E-state index contributed by atoms with van der Waals surface area (Å²) in [6.07, 6.45) is 3.79. The summed E-state index contributed by atoms with van der Waals surface area (Å²) in [6, 6.07) is 6.47. The molecule has 1 aromatic carbocycles. The molecule has 0 radical (unpaired) electrons. The molecule has 0 aliphatic heterocycles. The fourth-order valence-corrected chi connectivity index (χ4v) is 2.93. The van der Waals surface area contributed by atoms with Gasteiger partial charge in [-0.25, -0.2) is 0 Å². The average molecular weight is 268 g/mol. The number of rotatable bonds is 3. The van der Waals surface area contributed by atoms with Gasteiger partial charge in [0.2, 0.25) is 0 Å². The summed E-state index contributed by atoms with van der Waals surface area (Å²) in [5, 5.41) is 4.25. The van der Waals surface area contributed by atoms with Crippen LogP contribution in [0.1, 0.15) is 33.1 Å². The predicted molar refractivity (Wildman–Crippen MR) is 77.6 cm³/mol. The van der Waals surface area contributed by atoms with Crippen molar-refractivity contribution >= 4 is 17.3 Å². The Labute approximate surface area is 115 Å². The van der Waals surface area contributed by atoms with E-state index >= 15 is 0 Å². The van der Waals surface area contributed by atoms with Gasteiger partial charge in [0.15, 0.2) is 0 Å². The molecule has 2 nitrogen and oxygen atoms in total. The number of hydrogen-bond acceptors (Lipinski definition) is 2. The van der Waals surface area contributed by atoms with E-state index in [-0.39, 0.29) is 0 Å². The Morgan fingerprint density at radius 2 is 2.00 bits per heavy atom. The zero-order valence-corrected chi connectivity index (χ0v) is 12.1. The number of ether oxygens (including phenoxy) is 1. The first kappa shape index (κ1) is 13.5. The van der Waals surface area contributed by atoms with Crippen molar-refractivity contribution in [1.29, 1.82) is 0 Å². The molecule has 0 spiro atoms. The summed E-state index contributed by atoms with van der Waals surface area (Å²) in [7, 11) is 1.64. The third-order valence-electron chi connectivity index (χ3n) is 4.12. The van der Waals surface area contributed by atoms with E-state index in [1.807, 2.05) is 18.2 Å². The lowest BCUT2D eigenvalue weighted by Gasteiger charge is -2.33. The smallest absolute Gasteiger partial charge is 0.137 e. The molecule has 1 saturated carbocycles. The van der Waals surface area contributed by atoms with Gasteiger partial charge < -0.3 is 10.1 Å². The van der Waals surface area contributed by atoms with Crippen molar-refractivity contribution in [3.8, 4) is 5.75 Å². The van der Waals surface area contributed by atoms with Crippen molar-refractivity contribution in [2.24, 2.45) is 11.8 Å². The molecule has 3 atom stereocenters. The van der Waals surface area contributed by atoms with Crippen LogP contribution < -0.4 is 10.1 Å². The highest BCUT2D eigenvalue weighted by molar-refractivity contribution is 6.32. The maximum atomic E-state index is 6.13. The fraction of sp³-hybridized carbons (Fsp3) is 0.600. The molecule has 3 unspecified atom stereocenters. The molecule has 18 heavy (non-hydrogen) atoms. The maximum absolute atomic E-state index is 6.13. The number of nitrogens with one attached hydrogen (secondary N) is 1. The SMILES string of the molecule is COc1ccc(NC2CCC(C)C(C)C2)cc1Cl. The van der Waals surface area contributed by atoms with Crippen LogP contribution in [0.15, 0.2) is 18.2 Å². The molecule has 2 rings (SSSR count). The Balaban J connectivity index is 1.99. The summed E-state index contributed by atoms with van der Waals surface area (Å²) in [5.41, 5.74) is 1.09. The van der Waals surface area contributed by atoms with Crippen LogP contribution in [0.25, 0.3) is 0 Å². The van der Waals surface area contributed by atoms with Crippen molar-refractivity contribution in [3.63, 3.8) is 0 Å². The van der Waals surface area contributed by atoms with Gasteiger partial charge in [-0.05, 0) is 49.3 Å². The molecular formula is C15H22ClNO. The van der Waals surface area contributed by atoms with Crippen LogP contribution in [0.4, 0.5) is 5.69 Å². The molecule has 100 valence electrons. The monoisotopic (exact) mass is 267 g/mol. The Bertz CT molecular complexity index is 407. The first-order chi connectivity index (χ1) is 8.60. The van der Waals surface area contributed by atoms with Crippen LogP contribution >= 0.6 is 11.6 Å². The van der Waals surface area contributed by atoms with Gasteiger partial charge in [0, 0.05) is 11.7 Å². The second kappa shape index (κ2) is 5.83. The lowest BCUT2D eigenvalue weighted by molar-refractivity contribution is 0.261. The highest BCUT2D eigenvalue weighted by atomic mass is 35.5. The first-order valence-corrected chi connectivity index (χ1v) is 7.08. The minimum Gasteiger partial charge on any atom is -0.495 e. The Morgan fingerprint density at radius 1 is 1.22 bits per heavy atom. The minimum absolute atomic E-state index is 0.570. The third-order valence-corrected chi connectivity index (χ3v) is 4.42. The van der Waals surface area contributed by atoms with Gasteiger partial charge in [-0.3, -0.25) is 0 Å². The normalized spacial score (nSPS) is 27.9. The number of halogens is 1. The van der Waals surface area contributed by atoms with Crippen LogP contribution in [-0.4, -0.2) is 13.2 Å². The van der Waals surface area contributed by atoms with Crippen LogP contribution in [0.3, 0.4) is 0 Å². The molecule has 0 bridgehead atoms. The Morgan fingerprint density at radius 3 is 2.61 bits per heavy atom. The zero-order chi connectivity index (χ0) is 13.1. The second-order valence-corrected chi connectivity index (χ2v) is 5.87. The number of methoxy groups -OCH3 is 1. The van der Waals surface area contributed by atoms with Crippen LogP contribution in [0.2, 0.25) is 5.02 Å². The molecule has 0 heterocycles. The predicted octanol–water partition coefficient (Wildman–Crippen LogP) is 4.59. The summed E-state index contributed by atoms with van der Waals surface area (Å²) in [5.74, 6) is 2.38. The molecule has 1 aliphatic rings. The van der Waals surface area contributed by atoms with Crippen molar-refractivity contribution in [3.05, 3.63) is 23.2 Å². The summed E-state index contributed by atoms with van der Waals surface area (Å²) >= 11 is 6.13. The van der Waals surface area contributed by atoms with E-state index in [9.17, 15) is 0 Å². The zero-order valence-electron chi connectivity index (χ0n) is 11.4. The number of hydrogen-bond donors (Lipinski definition) is 1. The topological polar surface area (TPSA) is 21.3 Å².